The molecule has 2 aromatic rings. The number of primary amides is 1. The molecule has 2 fully saturated rings. The summed E-state index contributed by atoms with van der Waals surface area (Å²) < 4.78 is 1.76. The van der Waals surface area contributed by atoms with Crippen LogP contribution in [0.1, 0.15) is 41.1 Å². The number of aromatic nitrogens is 2. The molecule has 0 aliphatic carbocycles. The number of halogens is 1. The van der Waals surface area contributed by atoms with Crippen LogP contribution in [0.2, 0.25) is 0 Å². The topological polar surface area (TPSA) is 105 Å². The minimum atomic E-state index is -0.444. The van der Waals surface area contributed by atoms with Crippen molar-refractivity contribution in [2.45, 2.75) is 25.2 Å². The predicted octanol–water partition coefficient (Wildman–Crippen LogP) is 1.87. The lowest BCUT2D eigenvalue weighted by molar-refractivity contribution is -0.119. The maximum absolute atomic E-state index is 13.0. The Morgan fingerprint density at radius 1 is 1.20 bits per heavy atom. The maximum atomic E-state index is 13.0. The molecular weight excluding hydrogens is 404 g/mol. The molecule has 0 unspecified atom stereocenters. The van der Waals surface area contributed by atoms with Crippen LogP contribution in [0.3, 0.4) is 0 Å². The summed E-state index contributed by atoms with van der Waals surface area (Å²) in [5, 5.41) is 10.6. The third kappa shape index (κ3) is 4.60. The fraction of sp³-hybridized carbons (Fsp3) is 0.476. The summed E-state index contributed by atoms with van der Waals surface area (Å²) in [5.74, 6) is -0.552. The highest BCUT2D eigenvalue weighted by Gasteiger charge is 2.34. The van der Waals surface area contributed by atoms with Crippen LogP contribution in [0, 0.1) is 5.92 Å². The zero-order valence-corrected chi connectivity index (χ0v) is 18.0. The van der Waals surface area contributed by atoms with Gasteiger partial charge in [-0.1, -0.05) is 0 Å². The lowest BCUT2D eigenvalue weighted by Crippen LogP contribution is -2.32. The summed E-state index contributed by atoms with van der Waals surface area (Å²) in [4.78, 5) is 27.1. The molecule has 2 amide bonds. The molecular formula is C21H29ClN6O2. The third-order valence-electron chi connectivity index (χ3n) is 5.93. The van der Waals surface area contributed by atoms with Gasteiger partial charge in [0.15, 0.2) is 0 Å². The van der Waals surface area contributed by atoms with Crippen LogP contribution in [0.25, 0.3) is 0 Å². The molecule has 9 heteroatoms. The fourth-order valence-corrected chi connectivity index (χ4v) is 4.39. The Labute approximate surface area is 182 Å². The molecule has 2 saturated heterocycles. The van der Waals surface area contributed by atoms with E-state index in [9.17, 15) is 9.59 Å². The number of nitrogens with two attached hydrogens (primary N) is 1. The first-order chi connectivity index (χ1) is 14.0. The second-order valence-electron chi connectivity index (χ2n) is 7.95. The van der Waals surface area contributed by atoms with Crippen LogP contribution in [0.5, 0.6) is 0 Å². The van der Waals surface area contributed by atoms with Gasteiger partial charge < -0.3 is 21.3 Å². The third-order valence-corrected chi connectivity index (χ3v) is 5.93. The fourth-order valence-electron chi connectivity index (χ4n) is 4.39. The van der Waals surface area contributed by atoms with E-state index in [1.807, 2.05) is 25.5 Å². The number of rotatable bonds is 5. The van der Waals surface area contributed by atoms with E-state index >= 15 is 0 Å². The van der Waals surface area contributed by atoms with Crippen molar-refractivity contribution in [1.82, 2.24) is 15.1 Å². The average Bonchev–Trinajstić information content (AvgIpc) is 3.37. The number of benzene rings is 1. The van der Waals surface area contributed by atoms with Gasteiger partial charge in [0.2, 0.25) is 5.91 Å². The van der Waals surface area contributed by atoms with Crippen molar-refractivity contribution >= 4 is 35.6 Å². The smallest absolute Gasteiger partial charge is 0.250 e. The van der Waals surface area contributed by atoms with Gasteiger partial charge in [-0.2, -0.15) is 5.10 Å². The first-order valence-electron chi connectivity index (χ1n) is 10.2. The van der Waals surface area contributed by atoms with Crippen LogP contribution < -0.4 is 21.3 Å². The van der Waals surface area contributed by atoms with E-state index in [2.05, 4.69) is 20.6 Å². The summed E-state index contributed by atoms with van der Waals surface area (Å²) in [7, 11) is 1.88. The lowest BCUT2D eigenvalue weighted by Gasteiger charge is -2.30. The first-order valence-corrected chi connectivity index (χ1v) is 10.2. The molecule has 4 N–H and O–H groups in total. The van der Waals surface area contributed by atoms with E-state index < -0.39 is 5.91 Å². The lowest BCUT2D eigenvalue weighted by atomic mass is 9.90. The first kappa shape index (κ1) is 22.1. The van der Waals surface area contributed by atoms with Crippen molar-refractivity contribution in [1.29, 1.82) is 0 Å². The van der Waals surface area contributed by atoms with Crippen molar-refractivity contribution < 1.29 is 9.59 Å². The number of carbonyl (C=O) groups is 2. The number of hydrogen-bond donors (Lipinski definition) is 3. The SMILES string of the molecule is Cl.Cn1cc([C@H]2CNC[C@@H]2C(=O)Nc2ccc(C(N)=O)c(N3CCCCC3)c2)cn1. The molecule has 0 bridgehead atoms. The predicted molar refractivity (Wildman–Crippen MR) is 119 cm³/mol. The minimum Gasteiger partial charge on any atom is -0.371 e. The summed E-state index contributed by atoms with van der Waals surface area (Å²) in [6.07, 6.45) is 7.18. The van der Waals surface area contributed by atoms with Gasteiger partial charge in [0.05, 0.1) is 23.4 Å². The van der Waals surface area contributed by atoms with Crippen molar-refractivity contribution in [3.8, 4) is 0 Å². The average molecular weight is 433 g/mol. The van der Waals surface area contributed by atoms with E-state index in [0.29, 0.717) is 17.8 Å². The zero-order valence-electron chi connectivity index (χ0n) is 17.1. The molecule has 162 valence electrons. The standard InChI is InChI=1S/C21H28N6O2.ClH/c1-26-13-14(10-24-26)17-11-23-12-18(17)21(29)25-15-5-6-16(20(22)28)19(9-15)27-7-3-2-4-8-27;/h5-6,9-10,13,17-18,23H,2-4,7-8,11-12H2,1H3,(H2,22,28)(H,25,29);1H/t17-,18+;/m1./s1. The number of carbonyl (C=O) groups excluding carboxylic acids is 2. The second-order valence-corrected chi connectivity index (χ2v) is 7.95. The van der Waals surface area contributed by atoms with E-state index in [4.69, 9.17) is 5.73 Å². The van der Waals surface area contributed by atoms with Gasteiger partial charge in [-0.15, -0.1) is 12.4 Å². The monoisotopic (exact) mass is 432 g/mol. The molecule has 1 aromatic heterocycles. The number of hydrogen-bond acceptors (Lipinski definition) is 5. The molecule has 2 atom stereocenters. The van der Waals surface area contributed by atoms with Crippen molar-refractivity contribution in [3.05, 3.63) is 41.7 Å². The largest absolute Gasteiger partial charge is 0.371 e. The van der Waals surface area contributed by atoms with E-state index in [-0.39, 0.29) is 30.2 Å². The normalized spacial score (nSPS) is 21.2. The Morgan fingerprint density at radius 3 is 2.63 bits per heavy atom. The molecule has 2 aliphatic rings. The second kappa shape index (κ2) is 9.49. The van der Waals surface area contributed by atoms with Crippen molar-refractivity contribution in [2.75, 3.05) is 36.4 Å². The summed E-state index contributed by atoms with van der Waals surface area (Å²) >= 11 is 0. The quantitative estimate of drug-likeness (QED) is 0.668. The van der Waals surface area contributed by atoms with Gasteiger partial charge in [-0.3, -0.25) is 14.3 Å². The molecule has 8 nitrogen and oxygen atoms in total. The number of nitrogens with one attached hydrogen (secondary N) is 2. The highest BCUT2D eigenvalue weighted by Crippen LogP contribution is 2.31. The molecule has 30 heavy (non-hydrogen) atoms. The number of anilines is 2. The highest BCUT2D eigenvalue weighted by atomic mass is 35.5. The Balaban J connectivity index is 0.00000256. The summed E-state index contributed by atoms with van der Waals surface area (Å²) in [6.45, 7) is 3.17. The number of amides is 2. The molecule has 0 spiro atoms. The Kier molecular flexibility index (Phi) is 6.99. The molecule has 0 saturated carbocycles. The highest BCUT2D eigenvalue weighted by molar-refractivity contribution is 6.01. The Morgan fingerprint density at radius 2 is 1.97 bits per heavy atom. The van der Waals surface area contributed by atoms with E-state index in [1.165, 1.54) is 6.42 Å². The van der Waals surface area contributed by atoms with Crippen molar-refractivity contribution in [3.63, 3.8) is 0 Å². The minimum absolute atomic E-state index is 0. The van der Waals surface area contributed by atoms with Gasteiger partial charge in [-0.05, 0) is 43.0 Å². The van der Waals surface area contributed by atoms with Crippen LogP contribution in [0.15, 0.2) is 30.6 Å². The Hall–Kier alpha value is -2.58. The van der Waals surface area contributed by atoms with Crippen LogP contribution in [0.4, 0.5) is 11.4 Å². The van der Waals surface area contributed by atoms with Gasteiger partial charge in [-0.25, -0.2) is 0 Å². The Bertz CT molecular complexity index is 909. The molecule has 1 aromatic carbocycles. The molecule has 4 rings (SSSR count). The zero-order chi connectivity index (χ0) is 20.4. The number of piperidine rings is 1. The van der Waals surface area contributed by atoms with E-state index in [0.717, 1.165) is 43.7 Å². The van der Waals surface area contributed by atoms with Gasteiger partial charge >= 0.3 is 0 Å². The van der Waals surface area contributed by atoms with Crippen LogP contribution in [-0.4, -0.2) is 47.8 Å². The van der Waals surface area contributed by atoms with Crippen LogP contribution >= 0.6 is 12.4 Å². The molecule has 0 radical (unpaired) electrons. The molecule has 3 heterocycles. The van der Waals surface area contributed by atoms with Crippen LogP contribution in [-0.2, 0) is 11.8 Å². The number of nitrogens with zero attached hydrogens (tertiary/aromatic N) is 3. The van der Waals surface area contributed by atoms with Crippen molar-refractivity contribution in [2.24, 2.45) is 18.7 Å². The number of aryl methyl sites for hydroxylation is 1. The summed E-state index contributed by atoms with van der Waals surface area (Å²) in [5.41, 5.74) is 8.65. The van der Waals surface area contributed by atoms with Gasteiger partial charge in [0.1, 0.15) is 0 Å². The maximum Gasteiger partial charge on any atom is 0.250 e. The van der Waals surface area contributed by atoms with E-state index in [1.54, 1.807) is 16.8 Å². The van der Waals surface area contributed by atoms with Gasteiger partial charge in [0.25, 0.3) is 5.91 Å². The van der Waals surface area contributed by atoms with Gasteiger partial charge in [0, 0.05) is 51.0 Å². The summed E-state index contributed by atoms with van der Waals surface area (Å²) in [6, 6.07) is 5.35. The molecule has 2 aliphatic heterocycles.